The number of hydrogen-bond donors (Lipinski definition) is 0. The van der Waals surface area contributed by atoms with E-state index in [9.17, 15) is 4.79 Å². The Hall–Kier alpha value is -1.00. The molecule has 0 heterocycles. The minimum absolute atomic E-state index is 0.107. The summed E-state index contributed by atoms with van der Waals surface area (Å²) in [5.74, 6) is 2.08. The summed E-state index contributed by atoms with van der Waals surface area (Å²) in [6.07, 6.45) is 0. The lowest BCUT2D eigenvalue weighted by Gasteiger charge is -2.08. The topological polar surface area (TPSA) is 35.5 Å². The van der Waals surface area contributed by atoms with Gasteiger partial charge < -0.3 is 9.47 Å². The van der Waals surface area contributed by atoms with E-state index in [0.717, 1.165) is 5.75 Å². The summed E-state index contributed by atoms with van der Waals surface area (Å²) in [6.45, 7) is 3.15. The van der Waals surface area contributed by atoms with Crippen LogP contribution >= 0.6 is 11.8 Å². The molecule has 0 N–H and O–H groups in total. The van der Waals surface area contributed by atoms with Crippen molar-refractivity contribution in [3.05, 3.63) is 29.8 Å². The monoisotopic (exact) mass is 254 g/mol. The molecule has 0 bridgehead atoms. The molecule has 0 unspecified atom stereocenters. The van der Waals surface area contributed by atoms with Crippen LogP contribution in [0.4, 0.5) is 0 Å². The van der Waals surface area contributed by atoms with E-state index in [0.29, 0.717) is 30.3 Å². The zero-order valence-electron chi connectivity index (χ0n) is 10.3. The van der Waals surface area contributed by atoms with Gasteiger partial charge in [0, 0.05) is 12.9 Å². The van der Waals surface area contributed by atoms with Crippen molar-refractivity contribution in [2.24, 2.45) is 0 Å². The molecule has 0 radical (unpaired) electrons. The number of ketones is 1. The van der Waals surface area contributed by atoms with E-state index in [1.807, 2.05) is 31.2 Å². The Morgan fingerprint density at radius 1 is 1.35 bits per heavy atom. The Bertz CT molecular complexity index is 352. The van der Waals surface area contributed by atoms with Gasteiger partial charge in [0.1, 0.15) is 5.75 Å². The fourth-order valence-corrected chi connectivity index (χ4v) is 2.13. The standard InChI is InChI=1S/C13H18O3S/c1-3-16-13-7-5-4-6-11(13)12(14)10-17-9-8-15-2/h4-7H,3,8-10H2,1-2H3. The molecule has 3 nitrogen and oxygen atoms in total. The summed E-state index contributed by atoms with van der Waals surface area (Å²) >= 11 is 1.58. The van der Waals surface area contributed by atoms with Crippen LogP contribution in [0, 0.1) is 0 Å². The van der Waals surface area contributed by atoms with Crippen molar-refractivity contribution in [2.75, 3.05) is 31.8 Å². The first kappa shape index (κ1) is 14.1. The molecule has 1 aromatic carbocycles. The van der Waals surface area contributed by atoms with Crippen LogP contribution < -0.4 is 4.74 Å². The first-order valence-corrected chi connectivity index (χ1v) is 6.76. The highest BCUT2D eigenvalue weighted by Gasteiger charge is 2.11. The molecular formula is C13H18O3S. The van der Waals surface area contributed by atoms with Gasteiger partial charge in [0.2, 0.25) is 0 Å². The number of carbonyl (C=O) groups is 1. The quantitative estimate of drug-likeness (QED) is 0.528. The maximum Gasteiger partial charge on any atom is 0.176 e. The molecule has 4 heteroatoms. The summed E-state index contributed by atoms with van der Waals surface area (Å²) in [5, 5.41) is 0. The Morgan fingerprint density at radius 3 is 2.82 bits per heavy atom. The van der Waals surface area contributed by atoms with E-state index in [1.54, 1.807) is 18.9 Å². The normalized spacial score (nSPS) is 10.2. The van der Waals surface area contributed by atoms with Crippen LogP contribution in [-0.4, -0.2) is 37.6 Å². The number of Topliss-reactive ketones (excluding diaryl/α,β-unsaturated/α-hetero) is 1. The lowest BCUT2D eigenvalue weighted by molar-refractivity contribution is 0.101. The number of rotatable bonds is 8. The SMILES string of the molecule is CCOc1ccccc1C(=O)CSCCOC. The molecule has 0 saturated heterocycles. The third kappa shape index (κ3) is 4.79. The van der Waals surface area contributed by atoms with Crippen LogP contribution in [0.15, 0.2) is 24.3 Å². The van der Waals surface area contributed by atoms with Crippen LogP contribution in [0.1, 0.15) is 17.3 Å². The lowest BCUT2D eigenvalue weighted by atomic mass is 10.1. The van der Waals surface area contributed by atoms with Crippen molar-refractivity contribution >= 4 is 17.5 Å². The molecule has 1 aromatic rings. The van der Waals surface area contributed by atoms with E-state index in [4.69, 9.17) is 9.47 Å². The average Bonchev–Trinajstić information content (AvgIpc) is 2.35. The van der Waals surface area contributed by atoms with Gasteiger partial charge in [-0.05, 0) is 19.1 Å². The molecular weight excluding hydrogens is 236 g/mol. The van der Waals surface area contributed by atoms with Crippen LogP contribution in [0.3, 0.4) is 0 Å². The van der Waals surface area contributed by atoms with Crippen molar-refractivity contribution in [2.45, 2.75) is 6.92 Å². The number of benzene rings is 1. The van der Waals surface area contributed by atoms with E-state index >= 15 is 0 Å². The predicted molar refractivity (Wildman–Crippen MR) is 71.1 cm³/mol. The minimum atomic E-state index is 0.107. The van der Waals surface area contributed by atoms with E-state index in [-0.39, 0.29) is 5.78 Å². The number of para-hydroxylation sites is 1. The highest BCUT2D eigenvalue weighted by molar-refractivity contribution is 8.00. The average molecular weight is 254 g/mol. The van der Waals surface area contributed by atoms with Gasteiger partial charge in [-0.1, -0.05) is 12.1 Å². The zero-order chi connectivity index (χ0) is 12.5. The van der Waals surface area contributed by atoms with E-state index in [1.165, 1.54) is 0 Å². The van der Waals surface area contributed by atoms with Crippen molar-refractivity contribution in [1.82, 2.24) is 0 Å². The molecule has 0 aliphatic heterocycles. The Balaban J connectivity index is 2.55. The van der Waals surface area contributed by atoms with Crippen LogP contribution in [-0.2, 0) is 4.74 Å². The molecule has 0 fully saturated rings. The predicted octanol–water partition coefficient (Wildman–Crippen LogP) is 2.65. The van der Waals surface area contributed by atoms with Gasteiger partial charge in [-0.25, -0.2) is 0 Å². The van der Waals surface area contributed by atoms with Crippen molar-refractivity contribution in [3.63, 3.8) is 0 Å². The smallest absolute Gasteiger partial charge is 0.176 e. The molecule has 0 aliphatic carbocycles. The van der Waals surface area contributed by atoms with Gasteiger partial charge >= 0.3 is 0 Å². The summed E-state index contributed by atoms with van der Waals surface area (Å²) in [5.41, 5.74) is 0.666. The third-order valence-corrected chi connectivity index (χ3v) is 3.07. The van der Waals surface area contributed by atoms with Gasteiger partial charge in [-0.3, -0.25) is 4.79 Å². The Morgan fingerprint density at radius 2 is 2.12 bits per heavy atom. The van der Waals surface area contributed by atoms with Crippen molar-refractivity contribution in [1.29, 1.82) is 0 Å². The number of thioether (sulfide) groups is 1. The fourth-order valence-electron chi connectivity index (χ4n) is 1.36. The molecule has 1 rings (SSSR count). The molecule has 0 aliphatic rings. The largest absolute Gasteiger partial charge is 0.493 e. The van der Waals surface area contributed by atoms with Gasteiger partial charge in [0.15, 0.2) is 5.78 Å². The first-order valence-electron chi connectivity index (χ1n) is 5.61. The fraction of sp³-hybridized carbons (Fsp3) is 0.462. The van der Waals surface area contributed by atoms with Gasteiger partial charge in [0.25, 0.3) is 0 Å². The molecule has 0 aromatic heterocycles. The Labute approximate surface area is 106 Å². The summed E-state index contributed by atoms with van der Waals surface area (Å²) < 4.78 is 10.4. The van der Waals surface area contributed by atoms with Gasteiger partial charge in [-0.2, -0.15) is 11.8 Å². The highest BCUT2D eigenvalue weighted by atomic mass is 32.2. The zero-order valence-corrected chi connectivity index (χ0v) is 11.1. The molecule has 0 amide bonds. The first-order chi connectivity index (χ1) is 8.29. The molecule has 17 heavy (non-hydrogen) atoms. The second-order valence-electron chi connectivity index (χ2n) is 3.40. The lowest BCUT2D eigenvalue weighted by Crippen LogP contribution is -2.07. The second-order valence-corrected chi connectivity index (χ2v) is 4.50. The van der Waals surface area contributed by atoms with Crippen molar-refractivity contribution < 1.29 is 14.3 Å². The summed E-state index contributed by atoms with van der Waals surface area (Å²) in [7, 11) is 1.66. The van der Waals surface area contributed by atoms with Crippen LogP contribution in [0.25, 0.3) is 0 Å². The maximum atomic E-state index is 12.0. The number of hydrogen-bond acceptors (Lipinski definition) is 4. The van der Waals surface area contributed by atoms with Gasteiger partial charge in [-0.15, -0.1) is 0 Å². The number of carbonyl (C=O) groups excluding carboxylic acids is 1. The number of methoxy groups -OCH3 is 1. The molecule has 94 valence electrons. The second kappa shape index (κ2) is 8.14. The van der Waals surface area contributed by atoms with Crippen LogP contribution in [0.5, 0.6) is 5.75 Å². The maximum absolute atomic E-state index is 12.0. The third-order valence-electron chi connectivity index (χ3n) is 2.15. The van der Waals surface area contributed by atoms with Crippen molar-refractivity contribution in [3.8, 4) is 5.75 Å². The highest BCUT2D eigenvalue weighted by Crippen LogP contribution is 2.20. The van der Waals surface area contributed by atoms with E-state index in [2.05, 4.69) is 0 Å². The molecule has 0 spiro atoms. The van der Waals surface area contributed by atoms with Crippen LogP contribution in [0.2, 0.25) is 0 Å². The summed E-state index contributed by atoms with van der Waals surface area (Å²) in [4.78, 5) is 12.0. The van der Waals surface area contributed by atoms with Gasteiger partial charge in [0.05, 0.1) is 24.5 Å². The van der Waals surface area contributed by atoms with E-state index < -0.39 is 0 Å². The Kier molecular flexibility index (Phi) is 6.74. The minimum Gasteiger partial charge on any atom is -0.493 e. The summed E-state index contributed by atoms with van der Waals surface area (Å²) in [6, 6.07) is 7.37. The molecule has 0 saturated carbocycles. The number of ether oxygens (including phenoxy) is 2. The molecule has 0 atom stereocenters.